The summed E-state index contributed by atoms with van der Waals surface area (Å²) in [5.41, 5.74) is 2.90. The van der Waals surface area contributed by atoms with Gasteiger partial charge in [0.15, 0.2) is 5.78 Å². The van der Waals surface area contributed by atoms with Gasteiger partial charge in [0, 0.05) is 61.4 Å². The topological polar surface area (TPSA) is 139 Å². The number of nitrogens with zero attached hydrogens (tertiary/aromatic N) is 8. The lowest BCUT2D eigenvalue weighted by molar-refractivity contribution is -0.138. The van der Waals surface area contributed by atoms with Gasteiger partial charge in [0.05, 0.1) is 17.4 Å². The number of aromatic nitrogens is 6. The number of hydrogen-bond donors (Lipinski definition) is 1. The number of pyridine rings is 2. The Morgan fingerprint density at radius 3 is 2.50 bits per heavy atom. The number of aryl methyl sites for hydroxylation is 2. The van der Waals surface area contributed by atoms with Crippen molar-refractivity contribution in [2.75, 3.05) is 25.0 Å². The quantitative estimate of drug-likeness (QED) is 0.205. The number of nitrogens with one attached hydrogen (secondary N) is 1. The average Bonchev–Trinajstić information content (AvgIpc) is 3.46. The molecule has 0 bridgehead atoms. The molecule has 5 atom stereocenters. The summed E-state index contributed by atoms with van der Waals surface area (Å²) < 4.78 is 2.18. The lowest BCUT2D eigenvalue weighted by Crippen LogP contribution is -2.47. The van der Waals surface area contributed by atoms with E-state index in [4.69, 9.17) is 0 Å². The van der Waals surface area contributed by atoms with Gasteiger partial charge in [0.1, 0.15) is 34.5 Å². The van der Waals surface area contributed by atoms with Crippen LogP contribution in [0.1, 0.15) is 60.9 Å². The van der Waals surface area contributed by atoms with Crippen LogP contribution in [0.5, 0.6) is 0 Å². The van der Waals surface area contributed by atoms with Gasteiger partial charge in [-0.15, -0.1) is 0 Å². The molecule has 2 saturated heterocycles. The summed E-state index contributed by atoms with van der Waals surface area (Å²) in [5.74, 6) is 2.03. The monoisotopic (exact) mass is 711 g/mol. The molecule has 4 aromatic heterocycles. The first kappa shape index (κ1) is 31.2. The van der Waals surface area contributed by atoms with Crippen LogP contribution in [0.4, 0.5) is 5.82 Å². The number of hydrogen-bond acceptors (Lipinski definition) is 9. The van der Waals surface area contributed by atoms with E-state index < -0.39 is 6.04 Å². The normalized spacial score (nSPS) is 26.1. The number of Topliss-reactive ketones (excluding diaryl/α,β-unsaturated/α-hetero) is 1. The molecular formula is C35H38BrN9O3. The van der Waals surface area contributed by atoms with Crippen LogP contribution in [0.15, 0.2) is 41.4 Å². The molecule has 0 radical (unpaired) electrons. The van der Waals surface area contributed by atoms with Gasteiger partial charge in [0.25, 0.3) is 0 Å². The highest BCUT2D eigenvalue weighted by atomic mass is 79.9. The molecule has 6 heterocycles. The van der Waals surface area contributed by atoms with Crippen LogP contribution in [-0.2, 0) is 16.1 Å². The van der Waals surface area contributed by atoms with Crippen molar-refractivity contribution in [2.24, 2.45) is 17.3 Å². The molecule has 8 rings (SSSR count). The number of carbonyl (C=O) groups is 3. The van der Waals surface area contributed by atoms with Gasteiger partial charge in [0.2, 0.25) is 11.8 Å². The number of carbonyl (C=O) groups excluding carboxylic acids is 3. The molecule has 0 unspecified atom stereocenters. The second-order valence-corrected chi connectivity index (χ2v) is 15.0. The number of anilines is 1. The van der Waals surface area contributed by atoms with Gasteiger partial charge in [-0.2, -0.15) is 5.10 Å². The first-order valence-corrected chi connectivity index (χ1v) is 17.5. The maximum Gasteiger partial charge on any atom is 0.248 e. The van der Waals surface area contributed by atoms with Crippen molar-refractivity contribution >= 4 is 50.2 Å². The van der Waals surface area contributed by atoms with E-state index >= 15 is 0 Å². The Kier molecular flexibility index (Phi) is 7.66. The summed E-state index contributed by atoms with van der Waals surface area (Å²) in [7, 11) is 0. The Balaban J connectivity index is 1.08. The van der Waals surface area contributed by atoms with E-state index in [0.29, 0.717) is 44.8 Å². The first-order valence-electron chi connectivity index (χ1n) is 16.7. The van der Waals surface area contributed by atoms with Crippen molar-refractivity contribution in [1.82, 2.24) is 39.5 Å². The number of piperidine rings is 1. The molecule has 1 N–H and O–H groups in total. The van der Waals surface area contributed by atoms with Gasteiger partial charge in [-0.25, -0.2) is 15.0 Å². The minimum atomic E-state index is -0.640. The highest BCUT2D eigenvalue weighted by molar-refractivity contribution is 9.10. The molecule has 2 aliphatic carbocycles. The predicted molar refractivity (Wildman–Crippen MR) is 182 cm³/mol. The zero-order valence-corrected chi connectivity index (χ0v) is 28.9. The van der Waals surface area contributed by atoms with Crippen LogP contribution >= 0.6 is 15.9 Å². The van der Waals surface area contributed by atoms with E-state index in [0.717, 1.165) is 43.5 Å². The van der Waals surface area contributed by atoms with E-state index in [2.05, 4.69) is 51.2 Å². The largest absolute Gasteiger partial charge is 0.325 e. The molecule has 2 saturated carbocycles. The Bertz CT molecular complexity index is 1950. The minimum Gasteiger partial charge on any atom is -0.325 e. The van der Waals surface area contributed by atoms with Crippen LogP contribution in [0.25, 0.3) is 22.2 Å². The SMILES string of the molecule is CC(=O)c1nn(CC(=O)N2[C@H]3C[C@@]3(CN3C[C@H]4CCC[C@H]4C3)C[C@H]2C(=O)Nc2nc(Br)ccc2C)c2cnc(-c3cnc(C)nc3)cc12. The van der Waals surface area contributed by atoms with Crippen molar-refractivity contribution in [3.8, 4) is 11.3 Å². The number of likely N-dealkylation sites (tertiary alicyclic amines) is 2. The van der Waals surface area contributed by atoms with E-state index in [9.17, 15) is 14.4 Å². The Morgan fingerprint density at radius 1 is 1.02 bits per heavy atom. The van der Waals surface area contributed by atoms with Crippen LogP contribution < -0.4 is 5.32 Å². The van der Waals surface area contributed by atoms with Crippen LogP contribution in [0.2, 0.25) is 0 Å². The number of halogens is 1. The Hall–Kier alpha value is -4.10. The predicted octanol–water partition coefficient (Wildman–Crippen LogP) is 4.60. The van der Waals surface area contributed by atoms with Gasteiger partial charge >= 0.3 is 0 Å². The highest BCUT2D eigenvalue weighted by Crippen LogP contribution is 2.60. The molecule has 2 amide bonds. The number of amides is 2. The molecule has 248 valence electrons. The summed E-state index contributed by atoms with van der Waals surface area (Å²) in [6.07, 6.45) is 10.5. The molecule has 2 aliphatic heterocycles. The van der Waals surface area contributed by atoms with Crippen LogP contribution in [0.3, 0.4) is 0 Å². The third-order valence-corrected chi connectivity index (χ3v) is 11.4. The molecule has 48 heavy (non-hydrogen) atoms. The Labute approximate surface area is 286 Å². The first-order chi connectivity index (χ1) is 23.1. The molecule has 4 aliphatic rings. The summed E-state index contributed by atoms with van der Waals surface area (Å²) in [5, 5.41) is 8.23. The van der Waals surface area contributed by atoms with Crippen molar-refractivity contribution < 1.29 is 14.4 Å². The van der Waals surface area contributed by atoms with E-state index in [-0.39, 0.29) is 41.3 Å². The van der Waals surface area contributed by atoms with E-state index in [1.54, 1.807) is 34.2 Å². The van der Waals surface area contributed by atoms with Crippen molar-refractivity contribution in [1.29, 1.82) is 0 Å². The molecule has 0 spiro atoms. The standard InChI is InChI=1S/C35H38BrN9O3/c1-19-7-8-30(36)40-33(19)41-34(48)27-10-35(18-43-15-22-5-4-6-23(22)16-43)11-29(35)45(27)31(47)17-44-28-14-39-26(24-12-37-21(3)38-13-24)9-25(28)32(42-44)20(2)46/h7-9,12-14,22-23,27,29H,4-6,10-11,15-18H2,1-3H3,(H,40,41,48)/t22-,23+,27-,29-,35+/m0/s1. The maximum absolute atomic E-state index is 14.3. The smallest absolute Gasteiger partial charge is 0.248 e. The fourth-order valence-corrected chi connectivity index (χ4v) is 8.83. The lowest BCUT2D eigenvalue weighted by Gasteiger charge is -2.27. The lowest BCUT2D eigenvalue weighted by atomic mass is 9.98. The highest BCUT2D eigenvalue weighted by Gasteiger charge is 2.67. The molecule has 4 fully saturated rings. The summed E-state index contributed by atoms with van der Waals surface area (Å²) in [4.78, 5) is 63.1. The minimum absolute atomic E-state index is 0.0295. The van der Waals surface area contributed by atoms with Gasteiger partial charge in [-0.05, 0) is 85.0 Å². The third kappa shape index (κ3) is 5.50. The van der Waals surface area contributed by atoms with Gasteiger partial charge < -0.3 is 15.1 Å². The Morgan fingerprint density at radius 2 is 1.77 bits per heavy atom. The van der Waals surface area contributed by atoms with Crippen LogP contribution in [-0.4, -0.2) is 88.8 Å². The summed E-state index contributed by atoms with van der Waals surface area (Å²) >= 11 is 3.41. The molecule has 0 aromatic carbocycles. The van der Waals surface area contributed by atoms with Crippen molar-refractivity contribution in [3.63, 3.8) is 0 Å². The van der Waals surface area contributed by atoms with E-state index in [1.165, 1.54) is 26.2 Å². The molecule has 12 nitrogen and oxygen atoms in total. The molecule has 4 aromatic rings. The summed E-state index contributed by atoms with van der Waals surface area (Å²) in [6.45, 7) is 8.19. The van der Waals surface area contributed by atoms with Crippen molar-refractivity contribution in [2.45, 2.75) is 71.5 Å². The number of ketones is 1. The number of rotatable bonds is 8. The summed E-state index contributed by atoms with van der Waals surface area (Å²) in [6, 6.07) is 4.86. The second kappa shape index (κ2) is 11.8. The van der Waals surface area contributed by atoms with E-state index in [1.807, 2.05) is 26.0 Å². The number of fused-ring (bicyclic) bond motifs is 3. The van der Waals surface area contributed by atoms with Gasteiger partial charge in [-0.3, -0.25) is 24.0 Å². The van der Waals surface area contributed by atoms with Crippen LogP contribution in [0, 0.1) is 31.1 Å². The van der Waals surface area contributed by atoms with Gasteiger partial charge in [-0.1, -0.05) is 12.5 Å². The fourth-order valence-electron chi connectivity index (χ4n) is 8.52. The fraction of sp³-hybridized carbons (Fsp3) is 0.486. The average molecular weight is 713 g/mol. The third-order valence-electron chi connectivity index (χ3n) is 11.0. The maximum atomic E-state index is 14.3. The molecular weight excluding hydrogens is 674 g/mol. The van der Waals surface area contributed by atoms with Crippen molar-refractivity contribution in [3.05, 3.63) is 58.5 Å². The zero-order valence-electron chi connectivity index (χ0n) is 27.3. The molecule has 13 heteroatoms. The second-order valence-electron chi connectivity index (χ2n) is 14.2. The zero-order chi connectivity index (χ0) is 33.3.